The van der Waals surface area contributed by atoms with E-state index in [1.807, 2.05) is 0 Å². The smallest absolute Gasteiger partial charge is 0.417 e. The average molecular weight is 823 g/mol. The number of pyridine rings is 1. The van der Waals surface area contributed by atoms with Gasteiger partial charge < -0.3 is 15.6 Å². The molecule has 2 aliphatic heterocycles. The van der Waals surface area contributed by atoms with Crippen molar-refractivity contribution in [3.8, 4) is 11.5 Å². The number of nitrogens with one attached hydrogen (secondary N) is 1. The summed E-state index contributed by atoms with van der Waals surface area (Å²) in [6.07, 6.45) is -2.74. The first-order chi connectivity index (χ1) is 24.5. The molecule has 6 atom stereocenters. The van der Waals surface area contributed by atoms with Gasteiger partial charge in [0.25, 0.3) is 11.8 Å². The summed E-state index contributed by atoms with van der Waals surface area (Å²) in [5.41, 5.74) is 6.15. The van der Waals surface area contributed by atoms with Crippen LogP contribution in [0.4, 0.5) is 23.8 Å². The summed E-state index contributed by atoms with van der Waals surface area (Å²) in [6, 6.07) is 8.55. The number of carbonyl (C=O) groups is 5. The number of allylic oxidation sites excluding steroid dienone is 2. The zero-order chi connectivity index (χ0) is 37.6. The summed E-state index contributed by atoms with van der Waals surface area (Å²) in [4.78, 5) is 73.4. The van der Waals surface area contributed by atoms with Gasteiger partial charge in [-0.15, -0.1) is 0 Å². The maximum Gasteiger partial charge on any atom is 0.417 e. The van der Waals surface area contributed by atoms with E-state index >= 15 is 4.79 Å². The van der Waals surface area contributed by atoms with Crippen molar-refractivity contribution in [3.05, 3.63) is 91.5 Å². The van der Waals surface area contributed by atoms with Gasteiger partial charge in [-0.05, 0) is 76.1 Å². The monoisotopic (exact) mass is 821 g/mol. The minimum absolute atomic E-state index is 0.00287. The number of benzene rings is 2. The molecule has 6 unspecified atom stereocenters. The maximum atomic E-state index is 15.2. The fourth-order valence-electron chi connectivity index (χ4n) is 8.29. The van der Waals surface area contributed by atoms with E-state index in [1.54, 1.807) is 18.2 Å². The maximum absolute atomic E-state index is 15.2. The summed E-state index contributed by atoms with van der Waals surface area (Å²) in [6.45, 7) is 0. The van der Waals surface area contributed by atoms with E-state index in [4.69, 9.17) is 33.7 Å². The Balaban J connectivity index is 1.47. The lowest BCUT2D eigenvalue weighted by Gasteiger charge is -2.50. The van der Waals surface area contributed by atoms with E-state index in [-0.39, 0.29) is 28.8 Å². The van der Waals surface area contributed by atoms with Gasteiger partial charge in [-0.25, -0.2) is 9.78 Å². The normalized spacial score (nSPS) is 26.9. The van der Waals surface area contributed by atoms with Crippen LogP contribution in [0.1, 0.15) is 35.4 Å². The number of methoxy groups -OCH3 is 1. The van der Waals surface area contributed by atoms with Crippen LogP contribution in [0.5, 0.6) is 11.5 Å². The Morgan fingerprint density at radius 2 is 1.77 bits per heavy atom. The number of likely N-dealkylation sites (tertiary alicyclic amines) is 1. The molecule has 270 valence electrons. The molecule has 1 aromatic heterocycles. The third kappa shape index (κ3) is 5.16. The van der Waals surface area contributed by atoms with Crippen molar-refractivity contribution in [2.75, 3.05) is 12.5 Å². The Morgan fingerprint density at radius 3 is 2.38 bits per heavy atom. The Labute approximate surface area is 310 Å². The van der Waals surface area contributed by atoms with Crippen LogP contribution < -0.4 is 15.9 Å². The standard InChI is InChI=1S/C34H25BrCl2F3N5O7/c1-52-23-9-13(8-21(35)26(23)46)25-17-6-7-18-24(30(49)44(28(18)47)32(41)51)19(17)11-20-29(48)45(31(50)33(20,25)14-2-4-16(36)5-3-14)43-27-22(37)10-15(12-42-27)34(38,39)40/h2-6,8-10,12,18-20,24-25,46H,7,11H2,1H3,(H2,41,51)(H,42,43). The molecule has 2 aromatic carbocycles. The predicted molar refractivity (Wildman–Crippen MR) is 181 cm³/mol. The number of fused-ring (bicyclic) bond motifs is 4. The van der Waals surface area contributed by atoms with Crippen molar-refractivity contribution in [1.82, 2.24) is 14.9 Å². The van der Waals surface area contributed by atoms with Crippen LogP contribution in [-0.2, 0) is 30.8 Å². The number of urea groups is 1. The lowest BCUT2D eigenvalue weighted by atomic mass is 9.49. The largest absolute Gasteiger partial charge is 0.503 e. The molecule has 4 N–H and O–H groups in total. The number of hydrazine groups is 1. The van der Waals surface area contributed by atoms with Gasteiger partial charge in [0, 0.05) is 17.1 Å². The number of imide groups is 4. The van der Waals surface area contributed by atoms with Crippen molar-refractivity contribution >= 4 is 74.6 Å². The Kier molecular flexibility index (Phi) is 8.57. The first kappa shape index (κ1) is 35.7. The number of carbonyl (C=O) groups excluding carboxylic acids is 5. The number of ether oxygens (including phenoxy) is 1. The summed E-state index contributed by atoms with van der Waals surface area (Å²) in [7, 11) is 1.31. The molecule has 4 aliphatic rings. The number of primary amides is 1. The minimum Gasteiger partial charge on any atom is -0.503 e. The SMILES string of the molecule is COc1cc(C2C3=CCC4C(=O)N(C(N)=O)C(=O)C4C3CC3C(=O)N(Nc4ncc(C(F)(F)F)cc4Cl)C(=O)C32c2ccc(Cl)cc2)cc(Br)c1O. The number of aromatic hydroxyl groups is 1. The van der Waals surface area contributed by atoms with Gasteiger partial charge >= 0.3 is 12.2 Å². The van der Waals surface area contributed by atoms with Crippen LogP contribution in [-0.4, -0.2) is 56.8 Å². The molecule has 1 saturated carbocycles. The first-order valence-corrected chi connectivity index (χ1v) is 17.1. The van der Waals surface area contributed by atoms with Crippen molar-refractivity contribution in [2.45, 2.75) is 30.4 Å². The number of alkyl halides is 3. The molecule has 12 nitrogen and oxygen atoms in total. The molecule has 52 heavy (non-hydrogen) atoms. The van der Waals surface area contributed by atoms with Crippen LogP contribution in [0.25, 0.3) is 0 Å². The number of phenolic OH excluding ortho intramolecular Hbond substituents is 1. The number of hydrogen-bond donors (Lipinski definition) is 3. The summed E-state index contributed by atoms with van der Waals surface area (Å²) in [5, 5.41) is 11.2. The highest BCUT2D eigenvalue weighted by atomic mass is 79.9. The van der Waals surface area contributed by atoms with Crippen molar-refractivity contribution in [2.24, 2.45) is 29.4 Å². The third-order valence-electron chi connectivity index (χ3n) is 10.4. The Bertz CT molecular complexity index is 2130. The van der Waals surface area contributed by atoms with E-state index in [2.05, 4.69) is 26.3 Å². The fraction of sp³-hybridized carbons (Fsp3) is 0.294. The molecule has 3 fully saturated rings. The van der Waals surface area contributed by atoms with Gasteiger partial charge in [0.05, 0.1) is 45.3 Å². The second-order valence-corrected chi connectivity index (χ2v) is 14.5. The molecular formula is C34H25BrCl2F3N5O7. The number of nitrogens with two attached hydrogens (primary N) is 1. The molecule has 2 aliphatic carbocycles. The highest BCUT2D eigenvalue weighted by Crippen LogP contribution is 2.64. The third-order valence-corrected chi connectivity index (χ3v) is 11.5. The van der Waals surface area contributed by atoms with Gasteiger partial charge in [0.2, 0.25) is 11.8 Å². The molecule has 3 heterocycles. The van der Waals surface area contributed by atoms with E-state index in [9.17, 15) is 37.5 Å². The van der Waals surface area contributed by atoms with Crippen molar-refractivity contribution in [1.29, 1.82) is 0 Å². The Morgan fingerprint density at radius 1 is 1.08 bits per heavy atom. The lowest BCUT2D eigenvalue weighted by Crippen LogP contribution is -2.53. The van der Waals surface area contributed by atoms with Crippen LogP contribution in [0.2, 0.25) is 10.0 Å². The number of amides is 6. The van der Waals surface area contributed by atoms with E-state index in [0.29, 0.717) is 43.9 Å². The average Bonchev–Trinajstić information content (AvgIpc) is 3.47. The number of rotatable bonds is 5. The zero-order valence-corrected chi connectivity index (χ0v) is 29.7. The molecule has 2 saturated heterocycles. The van der Waals surface area contributed by atoms with Crippen LogP contribution >= 0.6 is 39.1 Å². The fourth-order valence-corrected chi connectivity index (χ4v) is 9.09. The van der Waals surface area contributed by atoms with Crippen LogP contribution in [0.15, 0.2) is 64.8 Å². The molecule has 0 spiro atoms. The molecule has 18 heteroatoms. The summed E-state index contributed by atoms with van der Waals surface area (Å²) in [5.74, 6) is -9.35. The van der Waals surface area contributed by atoms with Gasteiger partial charge in [-0.1, -0.05) is 47.0 Å². The van der Waals surface area contributed by atoms with E-state index in [1.165, 1.54) is 31.4 Å². The lowest BCUT2D eigenvalue weighted by molar-refractivity contribution is -0.140. The van der Waals surface area contributed by atoms with Crippen LogP contribution in [0.3, 0.4) is 0 Å². The van der Waals surface area contributed by atoms with Crippen LogP contribution in [0, 0.1) is 23.7 Å². The second kappa shape index (κ2) is 12.5. The van der Waals surface area contributed by atoms with Gasteiger partial charge in [0.1, 0.15) is 0 Å². The molecule has 0 bridgehead atoms. The van der Waals surface area contributed by atoms with Gasteiger partial charge in [0.15, 0.2) is 17.3 Å². The Hall–Kier alpha value is -4.67. The summed E-state index contributed by atoms with van der Waals surface area (Å²) >= 11 is 15.8. The quantitative estimate of drug-likeness (QED) is 0.208. The minimum atomic E-state index is -4.78. The van der Waals surface area contributed by atoms with Gasteiger partial charge in [-0.3, -0.25) is 24.6 Å². The summed E-state index contributed by atoms with van der Waals surface area (Å²) < 4.78 is 45.8. The molecule has 0 radical (unpaired) electrons. The number of phenols is 1. The second-order valence-electron chi connectivity index (χ2n) is 12.8. The topological polar surface area (TPSA) is 172 Å². The van der Waals surface area contributed by atoms with Gasteiger partial charge in [-0.2, -0.15) is 23.1 Å². The predicted octanol–water partition coefficient (Wildman–Crippen LogP) is 5.95. The number of halogens is 6. The highest BCUT2D eigenvalue weighted by molar-refractivity contribution is 9.10. The zero-order valence-electron chi connectivity index (χ0n) is 26.6. The van der Waals surface area contributed by atoms with E-state index < -0.39 is 87.2 Å². The highest BCUT2D eigenvalue weighted by Gasteiger charge is 2.70. The molecule has 7 rings (SSSR count). The number of anilines is 1. The molecular weight excluding hydrogens is 798 g/mol. The van der Waals surface area contributed by atoms with Crippen molar-refractivity contribution in [3.63, 3.8) is 0 Å². The first-order valence-electron chi connectivity index (χ1n) is 15.6. The number of nitrogens with zero attached hydrogens (tertiary/aromatic N) is 3. The number of aromatic nitrogens is 1. The van der Waals surface area contributed by atoms with E-state index in [0.717, 1.165) is 0 Å². The number of hydrogen-bond acceptors (Lipinski definition) is 9. The van der Waals surface area contributed by atoms with Crippen molar-refractivity contribution < 1.29 is 47.0 Å². The molecule has 3 aromatic rings. The molecule has 6 amide bonds.